The molecule has 6 nitrogen and oxygen atoms in total. The second kappa shape index (κ2) is 9.86. The van der Waals surface area contributed by atoms with E-state index in [-0.39, 0.29) is 29.9 Å². The van der Waals surface area contributed by atoms with E-state index in [1.165, 1.54) is 0 Å². The molecule has 0 aliphatic heterocycles. The van der Waals surface area contributed by atoms with Gasteiger partial charge in [0.1, 0.15) is 0 Å². The van der Waals surface area contributed by atoms with Crippen molar-refractivity contribution in [1.82, 2.24) is 10.2 Å². The lowest BCUT2D eigenvalue weighted by Gasteiger charge is -2.32. The molecule has 0 spiro atoms. The Morgan fingerprint density at radius 3 is 2.29 bits per heavy atom. The molecular formula is C25H34N4O2. The molecule has 3 rings (SSSR count). The Morgan fingerprint density at radius 1 is 1.03 bits per heavy atom. The van der Waals surface area contributed by atoms with E-state index in [2.05, 4.69) is 29.7 Å². The van der Waals surface area contributed by atoms with Gasteiger partial charge in [-0.25, -0.2) is 4.79 Å². The molecule has 1 aliphatic rings. The molecule has 0 aromatic heterocycles. The van der Waals surface area contributed by atoms with Crippen LogP contribution in [0.5, 0.6) is 0 Å². The number of hydrogen-bond acceptors (Lipinski definition) is 3. The Bertz CT molecular complexity index is 907. The Hall–Kier alpha value is -3.02. The molecule has 1 saturated carbocycles. The lowest BCUT2D eigenvalue weighted by atomic mass is 10.0. The van der Waals surface area contributed by atoms with E-state index in [9.17, 15) is 9.59 Å². The number of amides is 3. The lowest BCUT2D eigenvalue weighted by molar-refractivity contribution is -0.135. The first kappa shape index (κ1) is 22.7. The van der Waals surface area contributed by atoms with Crippen LogP contribution in [0.1, 0.15) is 50.8 Å². The minimum Gasteiger partial charge on any atom is -0.377 e. The van der Waals surface area contributed by atoms with Crippen molar-refractivity contribution in [2.45, 2.75) is 52.2 Å². The maximum Gasteiger partial charge on any atom is 0.319 e. The highest BCUT2D eigenvalue weighted by molar-refractivity contribution is 5.90. The zero-order valence-electron chi connectivity index (χ0n) is 19.2. The van der Waals surface area contributed by atoms with E-state index >= 15 is 0 Å². The number of rotatable bonds is 8. The van der Waals surface area contributed by atoms with Gasteiger partial charge in [-0.3, -0.25) is 4.79 Å². The van der Waals surface area contributed by atoms with Crippen LogP contribution in [0.15, 0.2) is 48.5 Å². The van der Waals surface area contributed by atoms with Crippen LogP contribution < -0.4 is 15.5 Å². The number of nitrogens with one attached hydrogen (secondary N) is 2. The number of hydrogen-bond donors (Lipinski definition) is 2. The van der Waals surface area contributed by atoms with Gasteiger partial charge in [-0.15, -0.1) is 0 Å². The summed E-state index contributed by atoms with van der Waals surface area (Å²) in [6.45, 7) is 6.42. The van der Waals surface area contributed by atoms with Gasteiger partial charge in [-0.2, -0.15) is 0 Å². The minimum atomic E-state index is -0.234. The Balaban J connectivity index is 1.90. The molecule has 3 amide bonds. The molecule has 0 bridgehead atoms. The molecule has 0 unspecified atom stereocenters. The quantitative estimate of drug-likeness (QED) is 0.643. The Kier molecular flexibility index (Phi) is 7.21. The molecule has 2 aromatic rings. The third kappa shape index (κ3) is 6.00. The summed E-state index contributed by atoms with van der Waals surface area (Å²) in [4.78, 5) is 29.4. The van der Waals surface area contributed by atoms with Crippen LogP contribution in [-0.2, 0) is 11.3 Å². The van der Waals surface area contributed by atoms with Crippen molar-refractivity contribution in [3.8, 4) is 0 Å². The summed E-state index contributed by atoms with van der Waals surface area (Å²) in [5.41, 5.74) is 3.87. The standard InChI is InChI=1S/C25H34N4O2/c1-17(2)26-25(31)27-22-13-14-23(28(4)5)21(15-22)16-29(24(30)20-11-12-20)18(3)19-9-7-6-8-10-19/h6-10,13-15,17-18,20H,11-12,16H2,1-5H3,(H2,26,27,31)/t18-/m0/s1. The van der Waals surface area contributed by atoms with Crippen LogP contribution in [0.3, 0.4) is 0 Å². The second-order valence-electron chi connectivity index (χ2n) is 8.82. The fraction of sp³-hybridized carbons (Fsp3) is 0.440. The molecule has 1 aliphatic carbocycles. The minimum absolute atomic E-state index is 0.0369. The van der Waals surface area contributed by atoms with Crippen molar-refractivity contribution in [2.24, 2.45) is 5.92 Å². The van der Waals surface area contributed by atoms with Crippen LogP contribution in [0.25, 0.3) is 0 Å². The lowest BCUT2D eigenvalue weighted by Crippen LogP contribution is -2.35. The Labute approximate surface area is 185 Å². The summed E-state index contributed by atoms with van der Waals surface area (Å²) >= 11 is 0. The van der Waals surface area contributed by atoms with Crippen LogP contribution in [-0.4, -0.2) is 37.0 Å². The third-order valence-electron chi connectivity index (χ3n) is 5.54. The topological polar surface area (TPSA) is 64.7 Å². The zero-order chi connectivity index (χ0) is 22.5. The molecule has 2 N–H and O–H groups in total. The summed E-state index contributed by atoms with van der Waals surface area (Å²) in [5.74, 6) is 0.337. The molecule has 2 aromatic carbocycles. The SMILES string of the molecule is CC(C)NC(=O)Nc1ccc(N(C)C)c(CN(C(=O)C2CC2)[C@@H](C)c2ccccc2)c1. The predicted octanol–water partition coefficient (Wildman–Crippen LogP) is 4.78. The molecule has 0 radical (unpaired) electrons. The molecule has 0 saturated heterocycles. The summed E-state index contributed by atoms with van der Waals surface area (Å²) < 4.78 is 0. The number of nitrogens with zero attached hydrogens (tertiary/aromatic N) is 2. The monoisotopic (exact) mass is 422 g/mol. The normalized spacial score (nSPS) is 14.1. The summed E-state index contributed by atoms with van der Waals surface area (Å²) in [6, 6.07) is 15.8. The van der Waals surface area contributed by atoms with Crippen LogP contribution in [0, 0.1) is 5.92 Å². The number of urea groups is 1. The number of carbonyl (C=O) groups is 2. The fourth-order valence-electron chi connectivity index (χ4n) is 3.72. The van der Waals surface area contributed by atoms with Gasteiger partial charge in [0.05, 0.1) is 6.04 Å². The van der Waals surface area contributed by atoms with E-state index in [1.807, 2.05) is 74.1 Å². The summed E-state index contributed by atoms with van der Waals surface area (Å²) in [6.07, 6.45) is 1.93. The zero-order valence-corrected chi connectivity index (χ0v) is 19.2. The molecule has 1 fully saturated rings. The predicted molar refractivity (Wildman–Crippen MR) is 126 cm³/mol. The maximum atomic E-state index is 13.2. The van der Waals surface area contributed by atoms with E-state index in [0.29, 0.717) is 12.2 Å². The average molecular weight is 423 g/mol. The van der Waals surface area contributed by atoms with Gasteiger partial charge in [0, 0.05) is 44.0 Å². The highest BCUT2D eigenvalue weighted by Crippen LogP contribution is 2.36. The van der Waals surface area contributed by atoms with Gasteiger partial charge in [-0.05, 0) is 62.9 Å². The van der Waals surface area contributed by atoms with Crippen LogP contribution in [0.4, 0.5) is 16.2 Å². The third-order valence-corrected chi connectivity index (χ3v) is 5.54. The highest BCUT2D eigenvalue weighted by Gasteiger charge is 2.36. The van der Waals surface area contributed by atoms with E-state index < -0.39 is 0 Å². The molecule has 6 heteroatoms. The van der Waals surface area contributed by atoms with Crippen molar-refractivity contribution >= 4 is 23.3 Å². The highest BCUT2D eigenvalue weighted by atomic mass is 16.2. The molecule has 1 atom stereocenters. The second-order valence-corrected chi connectivity index (χ2v) is 8.82. The first-order chi connectivity index (χ1) is 14.8. The number of anilines is 2. The molecular weight excluding hydrogens is 388 g/mol. The average Bonchev–Trinajstić information content (AvgIpc) is 3.56. The van der Waals surface area contributed by atoms with Gasteiger partial charge in [0.15, 0.2) is 0 Å². The summed E-state index contributed by atoms with van der Waals surface area (Å²) in [5, 5.41) is 5.75. The maximum absolute atomic E-state index is 13.2. The van der Waals surface area contributed by atoms with Crippen molar-refractivity contribution in [3.63, 3.8) is 0 Å². The largest absolute Gasteiger partial charge is 0.377 e. The Morgan fingerprint density at radius 2 is 1.71 bits per heavy atom. The van der Waals surface area contributed by atoms with E-state index in [0.717, 1.165) is 29.7 Å². The van der Waals surface area contributed by atoms with Gasteiger partial charge in [0.25, 0.3) is 0 Å². The van der Waals surface area contributed by atoms with E-state index in [1.54, 1.807) is 0 Å². The van der Waals surface area contributed by atoms with Crippen molar-refractivity contribution in [1.29, 1.82) is 0 Å². The summed E-state index contributed by atoms with van der Waals surface area (Å²) in [7, 11) is 3.98. The van der Waals surface area contributed by atoms with Gasteiger partial charge in [-0.1, -0.05) is 30.3 Å². The first-order valence-corrected chi connectivity index (χ1v) is 11.0. The van der Waals surface area contributed by atoms with Crippen molar-refractivity contribution < 1.29 is 9.59 Å². The molecule has 31 heavy (non-hydrogen) atoms. The smallest absolute Gasteiger partial charge is 0.319 e. The van der Waals surface area contributed by atoms with Crippen LogP contribution in [0.2, 0.25) is 0 Å². The van der Waals surface area contributed by atoms with Gasteiger partial charge >= 0.3 is 6.03 Å². The molecule has 0 heterocycles. The fourth-order valence-corrected chi connectivity index (χ4v) is 3.72. The van der Waals surface area contributed by atoms with Gasteiger partial charge < -0.3 is 20.4 Å². The van der Waals surface area contributed by atoms with E-state index in [4.69, 9.17) is 0 Å². The molecule has 166 valence electrons. The van der Waals surface area contributed by atoms with Crippen LogP contribution >= 0.6 is 0 Å². The van der Waals surface area contributed by atoms with Crippen molar-refractivity contribution in [2.75, 3.05) is 24.3 Å². The first-order valence-electron chi connectivity index (χ1n) is 11.0. The van der Waals surface area contributed by atoms with Gasteiger partial charge in [0.2, 0.25) is 5.91 Å². The number of carbonyl (C=O) groups excluding carboxylic acids is 2. The van der Waals surface area contributed by atoms with Crippen molar-refractivity contribution in [3.05, 3.63) is 59.7 Å². The number of benzene rings is 2.